The number of anilines is 2. The van der Waals surface area contributed by atoms with Crippen LogP contribution < -0.4 is 10.6 Å². The predicted molar refractivity (Wildman–Crippen MR) is 87.1 cm³/mol. The molecule has 108 valence electrons. The van der Waals surface area contributed by atoms with Gasteiger partial charge in [0.05, 0.1) is 0 Å². The molecule has 0 spiro atoms. The molecule has 21 heavy (non-hydrogen) atoms. The van der Waals surface area contributed by atoms with E-state index in [9.17, 15) is 4.79 Å². The normalized spacial score (nSPS) is 12.9. The maximum absolute atomic E-state index is 12.4. The van der Waals surface area contributed by atoms with Gasteiger partial charge >= 0.3 is 0 Å². The van der Waals surface area contributed by atoms with E-state index in [1.807, 2.05) is 36.4 Å². The van der Waals surface area contributed by atoms with Crippen LogP contribution in [0.15, 0.2) is 42.5 Å². The third-order valence-electron chi connectivity index (χ3n) is 3.89. The van der Waals surface area contributed by atoms with Gasteiger partial charge < -0.3 is 10.6 Å². The Hall–Kier alpha value is -2.29. The van der Waals surface area contributed by atoms with Gasteiger partial charge in [-0.05, 0) is 47.7 Å². The number of carbonyl (C=O) groups is 1. The fourth-order valence-corrected chi connectivity index (χ4v) is 2.61. The van der Waals surface area contributed by atoms with E-state index in [4.69, 9.17) is 0 Å². The molecule has 1 amide bonds. The van der Waals surface area contributed by atoms with Crippen molar-refractivity contribution in [3.05, 3.63) is 59.2 Å². The summed E-state index contributed by atoms with van der Waals surface area (Å²) in [6, 6.07) is 13.9. The molecule has 2 N–H and O–H groups in total. The number of benzene rings is 2. The van der Waals surface area contributed by atoms with Gasteiger partial charge in [0.1, 0.15) is 0 Å². The van der Waals surface area contributed by atoms with Crippen LogP contribution in [0.5, 0.6) is 0 Å². The fraction of sp³-hybridized carbons (Fsp3) is 0.278. The van der Waals surface area contributed by atoms with Gasteiger partial charge in [0.25, 0.3) is 5.91 Å². The molecule has 3 heteroatoms. The molecule has 0 unspecified atom stereocenters. The first-order chi connectivity index (χ1) is 10.1. The van der Waals surface area contributed by atoms with Crippen molar-refractivity contribution in [2.75, 3.05) is 17.2 Å². The van der Waals surface area contributed by atoms with Crippen LogP contribution in [0, 0.1) is 0 Å². The van der Waals surface area contributed by atoms with Crippen LogP contribution in [0.4, 0.5) is 11.4 Å². The zero-order valence-electron chi connectivity index (χ0n) is 12.4. The van der Waals surface area contributed by atoms with Crippen LogP contribution in [0.2, 0.25) is 0 Å². The molecule has 0 aromatic heterocycles. The summed E-state index contributed by atoms with van der Waals surface area (Å²) in [5, 5.41) is 6.28. The molecule has 0 fully saturated rings. The smallest absolute Gasteiger partial charge is 0.255 e. The van der Waals surface area contributed by atoms with Gasteiger partial charge in [-0.3, -0.25) is 4.79 Å². The zero-order chi connectivity index (χ0) is 14.8. The first kappa shape index (κ1) is 13.7. The molecule has 1 aliphatic heterocycles. The standard InChI is InChI=1S/C18H20N2O/c1-12(2)14-4-3-5-16(10-14)20-18(21)15-7-6-13-8-9-19-17(13)11-15/h3-7,10-12,19H,8-9H2,1-2H3,(H,20,21). The second-order valence-corrected chi connectivity index (χ2v) is 5.78. The van der Waals surface area contributed by atoms with Crippen LogP contribution >= 0.6 is 0 Å². The van der Waals surface area contributed by atoms with Crippen molar-refractivity contribution in [3.8, 4) is 0 Å². The molecule has 0 saturated carbocycles. The van der Waals surface area contributed by atoms with E-state index in [0.29, 0.717) is 11.5 Å². The SMILES string of the molecule is CC(C)c1cccc(NC(=O)c2ccc3c(c2)NCC3)c1. The summed E-state index contributed by atoms with van der Waals surface area (Å²) in [5.74, 6) is 0.387. The first-order valence-corrected chi connectivity index (χ1v) is 7.41. The summed E-state index contributed by atoms with van der Waals surface area (Å²) >= 11 is 0. The zero-order valence-corrected chi connectivity index (χ0v) is 12.4. The third-order valence-corrected chi connectivity index (χ3v) is 3.89. The molecule has 2 aromatic rings. The number of amides is 1. The number of hydrogen-bond acceptors (Lipinski definition) is 2. The van der Waals surface area contributed by atoms with Crippen molar-refractivity contribution in [3.63, 3.8) is 0 Å². The molecular weight excluding hydrogens is 260 g/mol. The lowest BCUT2D eigenvalue weighted by molar-refractivity contribution is 0.102. The van der Waals surface area contributed by atoms with Crippen molar-refractivity contribution in [2.24, 2.45) is 0 Å². The van der Waals surface area contributed by atoms with Crippen molar-refractivity contribution >= 4 is 17.3 Å². The molecule has 1 aliphatic rings. The van der Waals surface area contributed by atoms with E-state index >= 15 is 0 Å². The van der Waals surface area contributed by atoms with E-state index in [1.54, 1.807) is 0 Å². The van der Waals surface area contributed by atoms with Crippen molar-refractivity contribution in [1.29, 1.82) is 0 Å². The lowest BCUT2D eigenvalue weighted by Gasteiger charge is -2.10. The molecule has 0 atom stereocenters. The summed E-state index contributed by atoms with van der Waals surface area (Å²) in [6.45, 7) is 5.25. The van der Waals surface area contributed by atoms with Gasteiger partial charge in [-0.25, -0.2) is 0 Å². The van der Waals surface area contributed by atoms with Crippen molar-refractivity contribution in [2.45, 2.75) is 26.2 Å². The Balaban J connectivity index is 1.78. The van der Waals surface area contributed by atoms with Gasteiger partial charge in [0, 0.05) is 23.5 Å². The van der Waals surface area contributed by atoms with Gasteiger partial charge in [0.15, 0.2) is 0 Å². The topological polar surface area (TPSA) is 41.1 Å². The van der Waals surface area contributed by atoms with Crippen LogP contribution in [0.1, 0.15) is 41.3 Å². The Morgan fingerprint density at radius 2 is 2.05 bits per heavy atom. The highest BCUT2D eigenvalue weighted by Crippen LogP contribution is 2.24. The van der Waals surface area contributed by atoms with Crippen LogP contribution in [-0.2, 0) is 6.42 Å². The maximum atomic E-state index is 12.4. The first-order valence-electron chi connectivity index (χ1n) is 7.41. The number of rotatable bonds is 3. The highest BCUT2D eigenvalue weighted by Gasteiger charge is 2.13. The van der Waals surface area contributed by atoms with Crippen molar-refractivity contribution in [1.82, 2.24) is 0 Å². The van der Waals surface area contributed by atoms with Crippen LogP contribution in [-0.4, -0.2) is 12.5 Å². The summed E-state index contributed by atoms with van der Waals surface area (Å²) < 4.78 is 0. The number of nitrogens with one attached hydrogen (secondary N) is 2. The molecule has 1 heterocycles. The predicted octanol–water partition coefficient (Wildman–Crippen LogP) is 4.03. The Morgan fingerprint density at radius 3 is 2.86 bits per heavy atom. The quantitative estimate of drug-likeness (QED) is 0.891. The molecule has 0 radical (unpaired) electrons. The second-order valence-electron chi connectivity index (χ2n) is 5.78. The average Bonchev–Trinajstić information content (AvgIpc) is 2.94. The average molecular weight is 280 g/mol. The maximum Gasteiger partial charge on any atom is 0.255 e. The van der Waals surface area contributed by atoms with E-state index < -0.39 is 0 Å². The van der Waals surface area contributed by atoms with E-state index in [-0.39, 0.29) is 5.91 Å². The van der Waals surface area contributed by atoms with Crippen LogP contribution in [0.25, 0.3) is 0 Å². The Morgan fingerprint density at radius 1 is 1.19 bits per heavy atom. The molecule has 3 nitrogen and oxygen atoms in total. The van der Waals surface area contributed by atoms with E-state index in [1.165, 1.54) is 11.1 Å². The Kier molecular flexibility index (Phi) is 3.65. The molecule has 3 rings (SSSR count). The minimum atomic E-state index is -0.0626. The van der Waals surface area contributed by atoms with E-state index in [0.717, 1.165) is 24.3 Å². The largest absolute Gasteiger partial charge is 0.384 e. The molecule has 0 saturated heterocycles. The van der Waals surface area contributed by atoms with Crippen LogP contribution in [0.3, 0.4) is 0 Å². The number of hydrogen-bond donors (Lipinski definition) is 2. The lowest BCUT2D eigenvalue weighted by atomic mass is 10.0. The van der Waals surface area contributed by atoms with Gasteiger partial charge in [-0.1, -0.05) is 32.0 Å². The molecule has 0 aliphatic carbocycles. The van der Waals surface area contributed by atoms with Gasteiger partial charge in [-0.15, -0.1) is 0 Å². The highest BCUT2D eigenvalue weighted by molar-refractivity contribution is 6.05. The van der Waals surface area contributed by atoms with Gasteiger partial charge in [-0.2, -0.15) is 0 Å². The minimum Gasteiger partial charge on any atom is -0.384 e. The lowest BCUT2D eigenvalue weighted by Crippen LogP contribution is -2.12. The monoisotopic (exact) mass is 280 g/mol. The minimum absolute atomic E-state index is 0.0626. The Labute approximate surface area is 125 Å². The molecule has 2 aromatic carbocycles. The second kappa shape index (κ2) is 5.60. The summed E-state index contributed by atoms with van der Waals surface area (Å²) in [5.41, 5.74) is 5.13. The molecular formula is C18H20N2O. The summed E-state index contributed by atoms with van der Waals surface area (Å²) in [7, 11) is 0. The van der Waals surface area contributed by atoms with E-state index in [2.05, 4.69) is 30.5 Å². The number of fused-ring (bicyclic) bond motifs is 1. The van der Waals surface area contributed by atoms with Crippen molar-refractivity contribution < 1.29 is 4.79 Å². The highest BCUT2D eigenvalue weighted by atomic mass is 16.1. The molecule has 0 bridgehead atoms. The fourth-order valence-electron chi connectivity index (χ4n) is 2.61. The van der Waals surface area contributed by atoms with Gasteiger partial charge in [0.2, 0.25) is 0 Å². The summed E-state index contributed by atoms with van der Waals surface area (Å²) in [4.78, 5) is 12.4. The third kappa shape index (κ3) is 2.92. The Bertz CT molecular complexity index is 677. The number of carbonyl (C=O) groups excluding carboxylic acids is 1. The summed E-state index contributed by atoms with van der Waals surface area (Å²) in [6.07, 6.45) is 1.04.